The Morgan fingerprint density at radius 1 is 1.00 bits per heavy atom. The normalized spacial score (nSPS) is 11.1. The fourth-order valence-electron chi connectivity index (χ4n) is 3.99. The van der Waals surface area contributed by atoms with Gasteiger partial charge in [-0.2, -0.15) is 0 Å². The van der Waals surface area contributed by atoms with Crippen molar-refractivity contribution in [1.29, 1.82) is 0 Å². The van der Waals surface area contributed by atoms with Crippen LogP contribution in [0, 0.1) is 12.7 Å². The molecule has 31 heavy (non-hydrogen) atoms. The Labute approximate surface area is 182 Å². The van der Waals surface area contributed by atoms with E-state index >= 15 is 0 Å². The summed E-state index contributed by atoms with van der Waals surface area (Å²) < 4.78 is 18.6. The van der Waals surface area contributed by atoms with E-state index in [2.05, 4.69) is 18.7 Å². The molecule has 4 nitrogen and oxygen atoms in total. The van der Waals surface area contributed by atoms with Crippen LogP contribution in [0.15, 0.2) is 51.7 Å². The summed E-state index contributed by atoms with van der Waals surface area (Å²) in [6.45, 7) is 7.87. The number of rotatable bonds is 10. The summed E-state index contributed by atoms with van der Waals surface area (Å²) in [6.07, 6.45) is 2.60. The molecule has 0 aliphatic heterocycles. The third kappa shape index (κ3) is 5.60. The number of hydrogen-bond acceptors (Lipinski definition) is 4. The summed E-state index contributed by atoms with van der Waals surface area (Å²) in [5, 5.41) is 0.911. The molecule has 164 valence electrons. The third-order valence-electron chi connectivity index (χ3n) is 5.89. The quantitative estimate of drug-likeness (QED) is 0.398. The monoisotopic (exact) mass is 423 g/mol. The van der Waals surface area contributed by atoms with Crippen LogP contribution in [0.1, 0.15) is 49.8 Å². The van der Waals surface area contributed by atoms with Gasteiger partial charge in [0.15, 0.2) is 0 Å². The Morgan fingerprint density at radius 2 is 1.71 bits per heavy atom. The fraction of sp³-hybridized carbons (Fsp3) is 0.385. The van der Waals surface area contributed by atoms with Gasteiger partial charge < -0.3 is 9.32 Å². The molecule has 0 aliphatic carbocycles. The Hall–Kier alpha value is -2.95. The molecule has 0 unspecified atom stereocenters. The van der Waals surface area contributed by atoms with Crippen molar-refractivity contribution < 1.29 is 13.6 Å². The molecule has 5 heteroatoms. The zero-order valence-electron chi connectivity index (χ0n) is 18.5. The van der Waals surface area contributed by atoms with E-state index < -0.39 is 0 Å². The highest BCUT2D eigenvalue weighted by atomic mass is 19.1. The van der Waals surface area contributed by atoms with Crippen LogP contribution in [-0.2, 0) is 17.6 Å². The van der Waals surface area contributed by atoms with Gasteiger partial charge in [0.1, 0.15) is 17.2 Å². The summed E-state index contributed by atoms with van der Waals surface area (Å²) in [7, 11) is 0. The highest BCUT2D eigenvalue weighted by molar-refractivity contribution is 5.84. The highest BCUT2D eigenvalue weighted by Gasteiger charge is 2.14. The average molecular weight is 424 g/mol. The van der Waals surface area contributed by atoms with Crippen LogP contribution in [0.3, 0.4) is 0 Å². The van der Waals surface area contributed by atoms with Crippen LogP contribution < -0.4 is 10.5 Å². The van der Waals surface area contributed by atoms with Crippen LogP contribution in [0.25, 0.3) is 11.0 Å². The number of carbonyl (C=O) groups excluding carboxylic acids is 1. The van der Waals surface area contributed by atoms with Gasteiger partial charge in [-0.3, -0.25) is 4.79 Å². The molecular weight excluding hydrogens is 393 g/mol. The molecule has 0 aliphatic rings. The van der Waals surface area contributed by atoms with Crippen LogP contribution in [-0.4, -0.2) is 18.9 Å². The van der Waals surface area contributed by atoms with Crippen LogP contribution in [0.5, 0.6) is 0 Å². The molecule has 3 aromatic rings. The predicted molar refractivity (Wildman–Crippen MR) is 123 cm³/mol. The SMILES string of the molecule is CCN(CC)c1ccc2c(C)c(CCC(=O)CCCc3ccc(F)cc3)c(=O)oc2c1. The van der Waals surface area contributed by atoms with Crippen molar-refractivity contribution in [1.82, 2.24) is 0 Å². The average Bonchev–Trinajstić information content (AvgIpc) is 2.75. The van der Waals surface area contributed by atoms with Gasteiger partial charge in [0.2, 0.25) is 0 Å². The summed E-state index contributed by atoms with van der Waals surface area (Å²) in [6, 6.07) is 12.3. The Morgan fingerprint density at radius 3 is 2.39 bits per heavy atom. The van der Waals surface area contributed by atoms with E-state index in [0.29, 0.717) is 36.8 Å². The lowest BCUT2D eigenvalue weighted by Crippen LogP contribution is -2.21. The number of Topliss-reactive ketones (excluding diaryl/α,β-unsaturated/α-hetero) is 1. The van der Waals surface area contributed by atoms with Gasteiger partial charge in [0.05, 0.1) is 0 Å². The second-order valence-corrected chi connectivity index (χ2v) is 7.86. The van der Waals surface area contributed by atoms with Crippen molar-refractivity contribution in [3.8, 4) is 0 Å². The second kappa shape index (κ2) is 10.4. The topological polar surface area (TPSA) is 50.5 Å². The standard InChI is InChI=1S/C26H30FNO3/c1-4-28(5-2)21-13-15-23-18(3)24(26(30)31-25(23)17-21)16-14-22(29)8-6-7-19-9-11-20(27)12-10-19/h9-13,15,17H,4-8,14,16H2,1-3H3. The van der Waals surface area contributed by atoms with Crippen molar-refractivity contribution in [2.24, 2.45) is 0 Å². The molecular formula is C26H30FNO3. The minimum atomic E-state index is -0.360. The summed E-state index contributed by atoms with van der Waals surface area (Å²) in [5.74, 6) is -0.133. The number of fused-ring (bicyclic) bond motifs is 1. The predicted octanol–water partition coefficient (Wildman–Crippen LogP) is 5.61. The van der Waals surface area contributed by atoms with E-state index in [1.54, 1.807) is 12.1 Å². The van der Waals surface area contributed by atoms with Gasteiger partial charge in [-0.05, 0) is 75.4 Å². The first-order chi connectivity index (χ1) is 14.9. The van der Waals surface area contributed by atoms with Crippen LogP contribution in [0.4, 0.5) is 10.1 Å². The minimum Gasteiger partial charge on any atom is -0.422 e. The van der Waals surface area contributed by atoms with E-state index in [0.717, 1.165) is 41.7 Å². The number of benzene rings is 2. The summed E-state index contributed by atoms with van der Waals surface area (Å²) in [4.78, 5) is 27.1. The van der Waals surface area contributed by atoms with Gasteiger partial charge in [-0.25, -0.2) is 9.18 Å². The molecule has 3 rings (SSSR count). The van der Waals surface area contributed by atoms with Gasteiger partial charge in [0.25, 0.3) is 0 Å². The molecule has 2 aromatic carbocycles. The molecule has 0 saturated heterocycles. The smallest absolute Gasteiger partial charge is 0.339 e. The molecule has 1 heterocycles. The number of carbonyl (C=O) groups is 1. The lowest BCUT2D eigenvalue weighted by molar-refractivity contribution is -0.119. The van der Waals surface area contributed by atoms with Gasteiger partial charge >= 0.3 is 5.63 Å². The third-order valence-corrected chi connectivity index (χ3v) is 5.89. The van der Waals surface area contributed by atoms with Crippen molar-refractivity contribution in [3.63, 3.8) is 0 Å². The maximum absolute atomic E-state index is 13.0. The van der Waals surface area contributed by atoms with Crippen molar-refractivity contribution >= 4 is 22.4 Å². The molecule has 1 aromatic heterocycles. The highest BCUT2D eigenvalue weighted by Crippen LogP contribution is 2.25. The van der Waals surface area contributed by atoms with E-state index in [1.165, 1.54) is 12.1 Å². The van der Waals surface area contributed by atoms with Gasteiger partial charge in [-0.15, -0.1) is 0 Å². The van der Waals surface area contributed by atoms with E-state index in [4.69, 9.17) is 4.42 Å². The van der Waals surface area contributed by atoms with E-state index in [1.807, 2.05) is 25.1 Å². The molecule has 0 amide bonds. The Bertz CT molecular complexity index is 1100. The molecule has 0 spiro atoms. The zero-order chi connectivity index (χ0) is 22.4. The number of halogens is 1. The lowest BCUT2D eigenvalue weighted by Gasteiger charge is -2.21. The number of anilines is 1. The first-order valence-corrected chi connectivity index (χ1v) is 11.0. The largest absolute Gasteiger partial charge is 0.422 e. The molecule has 0 N–H and O–H groups in total. The van der Waals surface area contributed by atoms with Crippen molar-refractivity contribution in [2.75, 3.05) is 18.0 Å². The molecule has 0 radical (unpaired) electrons. The van der Waals surface area contributed by atoms with Gasteiger partial charge in [-0.1, -0.05) is 12.1 Å². The Kier molecular flexibility index (Phi) is 7.61. The number of hydrogen-bond donors (Lipinski definition) is 0. The number of ketones is 1. The van der Waals surface area contributed by atoms with Crippen molar-refractivity contribution in [3.05, 3.63) is 75.4 Å². The lowest BCUT2D eigenvalue weighted by atomic mass is 9.99. The van der Waals surface area contributed by atoms with Gasteiger partial charge in [0, 0.05) is 48.6 Å². The molecule has 0 fully saturated rings. The first kappa shape index (κ1) is 22.7. The molecule has 0 bridgehead atoms. The molecule has 0 saturated carbocycles. The fourth-order valence-corrected chi connectivity index (χ4v) is 3.99. The second-order valence-electron chi connectivity index (χ2n) is 7.86. The minimum absolute atomic E-state index is 0.123. The molecule has 0 atom stereocenters. The van der Waals surface area contributed by atoms with E-state index in [-0.39, 0.29) is 17.2 Å². The number of nitrogens with zero attached hydrogens (tertiary/aromatic N) is 1. The Balaban J connectivity index is 1.64. The maximum atomic E-state index is 13.0. The van der Waals surface area contributed by atoms with Crippen molar-refractivity contribution in [2.45, 2.75) is 52.9 Å². The first-order valence-electron chi connectivity index (χ1n) is 11.0. The maximum Gasteiger partial charge on any atom is 0.339 e. The van der Waals surface area contributed by atoms with Crippen LogP contribution >= 0.6 is 0 Å². The number of aryl methyl sites for hydroxylation is 2. The zero-order valence-corrected chi connectivity index (χ0v) is 18.5. The van der Waals surface area contributed by atoms with Crippen LogP contribution in [0.2, 0.25) is 0 Å². The summed E-state index contributed by atoms with van der Waals surface area (Å²) in [5.41, 5.74) is 3.74. The van der Waals surface area contributed by atoms with E-state index in [9.17, 15) is 14.0 Å². The summed E-state index contributed by atoms with van der Waals surface area (Å²) >= 11 is 0.